The summed E-state index contributed by atoms with van der Waals surface area (Å²) in [6.07, 6.45) is 1.04. The minimum atomic E-state index is -1.05. The molecule has 1 atom stereocenters. The molecule has 0 radical (unpaired) electrons. The average Bonchev–Trinajstić information content (AvgIpc) is 3.49. The minimum absolute atomic E-state index is 0.242. The van der Waals surface area contributed by atoms with Crippen molar-refractivity contribution in [3.05, 3.63) is 75.2 Å². The fourth-order valence-corrected chi connectivity index (χ4v) is 5.05. The first kappa shape index (κ1) is 23.8. The lowest BCUT2D eigenvalue weighted by Gasteiger charge is -2.21. The molecular formula is C26H29N3O4S. The quantitative estimate of drug-likeness (QED) is 0.366. The van der Waals surface area contributed by atoms with Crippen LogP contribution in [-0.2, 0) is 17.8 Å². The number of amides is 3. The zero-order valence-electron chi connectivity index (χ0n) is 19.9. The van der Waals surface area contributed by atoms with Gasteiger partial charge in [-0.05, 0) is 68.8 Å². The van der Waals surface area contributed by atoms with Gasteiger partial charge in [-0.15, -0.1) is 11.3 Å². The molecule has 0 bridgehead atoms. The van der Waals surface area contributed by atoms with Gasteiger partial charge in [0.1, 0.15) is 11.3 Å². The number of rotatable bonds is 9. The Morgan fingerprint density at radius 2 is 1.88 bits per heavy atom. The van der Waals surface area contributed by atoms with Gasteiger partial charge in [-0.3, -0.25) is 14.5 Å². The van der Waals surface area contributed by atoms with Gasteiger partial charge in [-0.1, -0.05) is 18.2 Å². The van der Waals surface area contributed by atoms with Crippen molar-refractivity contribution in [2.45, 2.75) is 45.7 Å². The molecule has 1 saturated heterocycles. The van der Waals surface area contributed by atoms with Crippen LogP contribution in [0.4, 0.5) is 4.79 Å². The molecule has 8 heteroatoms. The van der Waals surface area contributed by atoms with Crippen LogP contribution in [0.15, 0.2) is 47.8 Å². The molecule has 4 rings (SSSR count). The second kappa shape index (κ2) is 9.46. The van der Waals surface area contributed by atoms with Crippen LogP contribution >= 0.6 is 11.3 Å². The largest absolute Gasteiger partial charge is 0.497 e. The summed E-state index contributed by atoms with van der Waals surface area (Å²) in [5, 5.41) is 4.82. The lowest BCUT2D eigenvalue weighted by atomic mass is 9.93. The van der Waals surface area contributed by atoms with Crippen molar-refractivity contribution < 1.29 is 19.1 Å². The molecular weight excluding hydrogens is 450 g/mol. The molecule has 2 aromatic heterocycles. The fourth-order valence-electron chi connectivity index (χ4n) is 4.36. The van der Waals surface area contributed by atoms with Crippen molar-refractivity contribution in [3.63, 3.8) is 0 Å². The van der Waals surface area contributed by atoms with Crippen LogP contribution in [0.5, 0.6) is 5.75 Å². The minimum Gasteiger partial charge on any atom is -0.497 e. The number of imide groups is 1. The van der Waals surface area contributed by atoms with Crippen LogP contribution in [0.25, 0.3) is 0 Å². The molecule has 1 unspecified atom stereocenters. The highest BCUT2D eigenvalue weighted by Gasteiger charge is 2.48. The summed E-state index contributed by atoms with van der Waals surface area (Å²) < 4.78 is 7.27. The van der Waals surface area contributed by atoms with Gasteiger partial charge in [-0.25, -0.2) is 4.79 Å². The van der Waals surface area contributed by atoms with Gasteiger partial charge in [0.25, 0.3) is 5.91 Å². The van der Waals surface area contributed by atoms with E-state index >= 15 is 0 Å². The van der Waals surface area contributed by atoms with Gasteiger partial charge in [0.05, 0.1) is 20.2 Å². The van der Waals surface area contributed by atoms with Gasteiger partial charge >= 0.3 is 6.03 Å². The number of carbonyl (C=O) groups is 3. The van der Waals surface area contributed by atoms with Crippen molar-refractivity contribution in [2.75, 3.05) is 13.7 Å². The summed E-state index contributed by atoms with van der Waals surface area (Å²) in [6.45, 7) is 6.00. The number of Topliss-reactive ketones (excluding diaryl/α,β-unsaturated/α-hetero) is 1. The number of ketones is 1. The van der Waals surface area contributed by atoms with E-state index < -0.39 is 11.6 Å². The monoisotopic (exact) mass is 479 g/mol. The Morgan fingerprint density at radius 3 is 2.53 bits per heavy atom. The van der Waals surface area contributed by atoms with Crippen molar-refractivity contribution in [2.24, 2.45) is 0 Å². The number of methoxy groups -OCH3 is 1. The highest BCUT2D eigenvalue weighted by atomic mass is 32.1. The summed E-state index contributed by atoms with van der Waals surface area (Å²) in [5.41, 5.74) is 2.34. The van der Waals surface area contributed by atoms with E-state index in [1.165, 1.54) is 4.88 Å². The molecule has 178 valence electrons. The van der Waals surface area contributed by atoms with Crippen molar-refractivity contribution in [1.29, 1.82) is 0 Å². The first-order valence-electron chi connectivity index (χ1n) is 11.2. The zero-order valence-corrected chi connectivity index (χ0v) is 20.7. The second-order valence-corrected chi connectivity index (χ2v) is 9.91. The number of thiophene rings is 1. The van der Waals surface area contributed by atoms with E-state index in [0.717, 1.165) is 27.6 Å². The number of benzene rings is 1. The first-order chi connectivity index (χ1) is 16.2. The van der Waals surface area contributed by atoms with Gasteiger partial charge in [-0.2, -0.15) is 0 Å². The van der Waals surface area contributed by atoms with E-state index in [1.807, 2.05) is 55.6 Å². The molecule has 3 amide bonds. The molecule has 0 saturated carbocycles. The molecule has 7 nitrogen and oxygen atoms in total. The number of aromatic nitrogens is 1. The predicted molar refractivity (Wildman–Crippen MR) is 132 cm³/mol. The number of ether oxygens (including phenoxy) is 1. The molecule has 1 fully saturated rings. The van der Waals surface area contributed by atoms with E-state index in [-0.39, 0.29) is 18.2 Å². The topological polar surface area (TPSA) is 80.6 Å². The van der Waals surface area contributed by atoms with E-state index in [9.17, 15) is 14.4 Å². The maximum Gasteiger partial charge on any atom is 0.325 e. The van der Waals surface area contributed by atoms with Gasteiger partial charge in [0.15, 0.2) is 5.78 Å². The number of urea groups is 1. The summed E-state index contributed by atoms with van der Waals surface area (Å²) in [7, 11) is 1.61. The Labute approximate surface area is 203 Å². The lowest BCUT2D eigenvalue weighted by molar-refractivity contribution is -0.130. The average molecular weight is 480 g/mol. The Bertz CT molecular complexity index is 1210. The standard InChI is InChI=1S/C26H29N3O4S/c1-17-14-22(18(2)28(17)15-21-6-5-13-34-21)23(30)16-29-24(31)26(3,27-25(29)32)12-11-19-7-9-20(33-4)10-8-19/h5-10,13-14H,11-12,15-16H2,1-4H3,(H,27,32). The Morgan fingerprint density at radius 1 is 1.15 bits per heavy atom. The highest BCUT2D eigenvalue weighted by molar-refractivity contribution is 7.09. The predicted octanol–water partition coefficient (Wildman–Crippen LogP) is 4.35. The van der Waals surface area contributed by atoms with Crippen LogP contribution in [0.1, 0.15) is 45.5 Å². The van der Waals surface area contributed by atoms with Crippen LogP contribution < -0.4 is 10.1 Å². The highest BCUT2D eigenvalue weighted by Crippen LogP contribution is 2.25. The first-order valence-corrected chi connectivity index (χ1v) is 12.1. The van der Waals surface area contributed by atoms with Crippen LogP contribution in [0.3, 0.4) is 0 Å². The molecule has 0 spiro atoms. The van der Waals surface area contributed by atoms with E-state index in [2.05, 4.69) is 16.0 Å². The van der Waals surface area contributed by atoms with Gasteiger partial charge in [0, 0.05) is 21.8 Å². The maximum absolute atomic E-state index is 13.2. The maximum atomic E-state index is 13.2. The molecule has 0 aliphatic carbocycles. The van der Waals surface area contributed by atoms with Crippen LogP contribution in [0.2, 0.25) is 0 Å². The Kier molecular flexibility index (Phi) is 6.61. The van der Waals surface area contributed by atoms with Crippen molar-refractivity contribution in [1.82, 2.24) is 14.8 Å². The third kappa shape index (κ3) is 4.63. The van der Waals surface area contributed by atoms with Crippen molar-refractivity contribution >= 4 is 29.1 Å². The fraction of sp³-hybridized carbons (Fsp3) is 0.346. The molecule has 3 aromatic rings. The smallest absolute Gasteiger partial charge is 0.325 e. The number of carbonyl (C=O) groups excluding carboxylic acids is 3. The summed E-state index contributed by atoms with van der Waals surface area (Å²) in [5.74, 6) is 0.153. The third-order valence-electron chi connectivity index (χ3n) is 6.49. The van der Waals surface area contributed by atoms with Crippen molar-refractivity contribution in [3.8, 4) is 5.75 Å². The summed E-state index contributed by atoms with van der Waals surface area (Å²) in [4.78, 5) is 41.2. The SMILES string of the molecule is COc1ccc(CCC2(C)NC(=O)N(CC(=O)c3cc(C)n(Cc4cccs4)c3C)C2=O)cc1. The lowest BCUT2D eigenvalue weighted by Crippen LogP contribution is -2.44. The van der Waals surface area contributed by atoms with Gasteiger partial charge < -0.3 is 14.6 Å². The second-order valence-electron chi connectivity index (χ2n) is 8.88. The molecule has 1 N–H and O–H groups in total. The van der Waals surface area contributed by atoms with Crippen LogP contribution in [0, 0.1) is 13.8 Å². The summed E-state index contributed by atoms with van der Waals surface area (Å²) >= 11 is 1.67. The van der Waals surface area contributed by atoms with E-state index in [4.69, 9.17) is 4.74 Å². The third-order valence-corrected chi connectivity index (χ3v) is 7.35. The van der Waals surface area contributed by atoms with E-state index in [0.29, 0.717) is 24.9 Å². The number of nitrogens with zero attached hydrogens (tertiary/aromatic N) is 2. The van der Waals surface area contributed by atoms with E-state index in [1.54, 1.807) is 25.4 Å². The molecule has 1 aliphatic rings. The number of aryl methyl sites for hydroxylation is 2. The van der Waals surface area contributed by atoms with Crippen LogP contribution in [-0.4, -0.2) is 46.4 Å². The zero-order chi connectivity index (χ0) is 24.5. The Hall–Kier alpha value is -3.39. The molecule has 3 heterocycles. The molecule has 1 aromatic carbocycles. The van der Waals surface area contributed by atoms with Gasteiger partial charge in [0.2, 0.25) is 0 Å². The molecule has 34 heavy (non-hydrogen) atoms. The molecule has 1 aliphatic heterocycles. The summed E-state index contributed by atoms with van der Waals surface area (Å²) in [6, 6.07) is 13.0. The number of nitrogens with one attached hydrogen (secondary N) is 1. The number of hydrogen-bond donors (Lipinski definition) is 1. The normalized spacial score (nSPS) is 17.8. The Balaban J connectivity index is 1.44. The number of hydrogen-bond acceptors (Lipinski definition) is 5.